The normalized spacial score (nSPS) is 10.8. The van der Waals surface area contributed by atoms with E-state index < -0.39 is 0 Å². The van der Waals surface area contributed by atoms with Crippen LogP contribution < -0.4 is 0 Å². The summed E-state index contributed by atoms with van der Waals surface area (Å²) in [5, 5.41) is 8.72. The molecule has 0 amide bonds. The number of rotatable bonds is 2. The molecule has 3 nitrogen and oxygen atoms in total. The van der Waals surface area contributed by atoms with Gasteiger partial charge in [-0.05, 0) is 18.1 Å². The van der Waals surface area contributed by atoms with Gasteiger partial charge in [-0.15, -0.1) is 0 Å². The molecular formula is C9H10N2O. The number of imidazole rings is 1. The van der Waals surface area contributed by atoms with Crippen LogP contribution in [0.2, 0.25) is 0 Å². The summed E-state index contributed by atoms with van der Waals surface area (Å²) in [5.41, 5.74) is 2.07. The number of aromatic nitrogens is 2. The zero-order valence-corrected chi connectivity index (χ0v) is 6.64. The van der Waals surface area contributed by atoms with Crippen molar-refractivity contribution in [2.75, 3.05) is 6.61 Å². The van der Waals surface area contributed by atoms with Crippen LogP contribution in [0.1, 0.15) is 5.56 Å². The van der Waals surface area contributed by atoms with Gasteiger partial charge in [0.1, 0.15) is 5.65 Å². The molecule has 2 rings (SSSR count). The van der Waals surface area contributed by atoms with Crippen molar-refractivity contribution in [3.05, 3.63) is 36.3 Å². The standard InChI is InChI=1S/C9H10N2O/c12-6-3-8-1-2-9-10-4-5-11(9)7-8/h1-2,4-5,7,12H,3,6H2. The minimum absolute atomic E-state index is 0.195. The van der Waals surface area contributed by atoms with Crippen LogP contribution >= 0.6 is 0 Å². The van der Waals surface area contributed by atoms with Gasteiger partial charge >= 0.3 is 0 Å². The minimum Gasteiger partial charge on any atom is -0.396 e. The zero-order valence-electron chi connectivity index (χ0n) is 6.64. The van der Waals surface area contributed by atoms with Gasteiger partial charge in [0.2, 0.25) is 0 Å². The fourth-order valence-corrected chi connectivity index (χ4v) is 1.24. The Balaban J connectivity index is 2.46. The second-order valence-corrected chi connectivity index (χ2v) is 2.70. The summed E-state index contributed by atoms with van der Waals surface area (Å²) in [7, 11) is 0. The fourth-order valence-electron chi connectivity index (χ4n) is 1.24. The highest BCUT2D eigenvalue weighted by Crippen LogP contribution is 2.04. The molecule has 0 aromatic carbocycles. The van der Waals surface area contributed by atoms with Gasteiger partial charge in [-0.3, -0.25) is 0 Å². The van der Waals surface area contributed by atoms with Crippen LogP contribution in [0.4, 0.5) is 0 Å². The Hall–Kier alpha value is -1.35. The molecule has 0 aliphatic rings. The number of fused-ring (bicyclic) bond motifs is 1. The van der Waals surface area contributed by atoms with Crippen molar-refractivity contribution < 1.29 is 5.11 Å². The molecule has 2 aromatic heterocycles. The van der Waals surface area contributed by atoms with Crippen LogP contribution in [0, 0.1) is 0 Å². The van der Waals surface area contributed by atoms with E-state index in [9.17, 15) is 0 Å². The molecule has 2 heterocycles. The van der Waals surface area contributed by atoms with E-state index in [1.165, 1.54) is 0 Å². The average molecular weight is 162 g/mol. The molecule has 0 bridgehead atoms. The van der Waals surface area contributed by atoms with Gasteiger partial charge in [-0.2, -0.15) is 0 Å². The van der Waals surface area contributed by atoms with Gasteiger partial charge in [0.15, 0.2) is 0 Å². The van der Waals surface area contributed by atoms with Crippen molar-refractivity contribution in [3.8, 4) is 0 Å². The van der Waals surface area contributed by atoms with E-state index in [1.807, 2.05) is 28.9 Å². The van der Waals surface area contributed by atoms with Gasteiger partial charge in [-0.25, -0.2) is 4.98 Å². The van der Waals surface area contributed by atoms with E-state index in [0.717, 1.165) is 11.2 Å². The summed E-state index contributed by atoms with van der Waals surface area (Å²) in [5.74, 6) is 0. The van der Waals surface area contributed by atoms with Crippen LogP contribution in [-0.4, -0.2) is 21.1 Å². The molecule has 0 atom stereocenters. The summed E-state index contributed by atoms with van der Waals surface area (Å²) in [6.45, 7) is 0.195. The minimum atomic E-state index is 0.195. The molecule has 2 aromatic rings. The highest BCUT2D eigenvalue weighted by atomic mass is 16.2. The number of aliphatic hydroxyl groups is 1. The monoisotopic (exact) mass is 162 g/mol. The zero-order chi connectivity index (χ0) is 8.39. The maximum atomic E-state index is 8.72. The maximum Gasteiger partial charge on any atom is 0.136 e. The summed E-state index contributed by atoms with van der Waals surface area (Å²) in [4.78, 5) is 4.12. The predicted octanol–water partition coefficient (Wildman–Crippen LogP) is 0.869. The molecule has 0 spiro atoms. The lowest BCUT2D eigenvalue weighted by atomic mass is 10.2. The average Bonchev–Trinajstić information content (AvgIpc) is 2.51. The first-order chi connectivity index (χ1) is 5.90. The Bertz CT molecular complexity index is 381. The molecule has 12 heavy (non-hydrogen) atoms. The van der Waals surface area contributed by atoms with Gasteiger partial charge in [0.05, 0.1) is 0 Å². The third kappa shape index (κ3) is 1.19. The summed E-state index contributed by atoms with van der Waals surface area (Å²) >= 11 is 0. The number of hydrogen-bond acceptors (Lipinski definition) is 2. The van der Waals surface area contributed by atoms with Crippen LogP contribution in [0.5, 0.6) is 0 Å². The summed E-state index contributed by atoms with van der Waals surface area (Å²) in [6, 6.07) is 3.93. The van der Waals surface area contributed by atoms with Crippen molar-refractivity contribution in [2.24, 2.45) is 0 Å². The lowest BCUT2D eigenvalue weighted by Crippen LogP contribution is -1.93. The Morgan fingerprint density at radius 3 is 3.17 bits per heavy atom. The molecule has 62 valence electrons. The van der Waals surface area contributed by atoms with E-state index in [1.54, 1.807) is 6.20 Å². The molecule has 0 aliphatic carbocycles. The van der Waals surface area contributed by atoms with Crippen molar-refractivity contribution in [1.82, 2.24) is 9.38 Å². The Labute approximate surface area is 70.3 Å². The Morgan fingerprint density at radius 2 is 2.33 bits per heavy atom. The highest BCUT2D eigenvalue weighted by molar-refractivity contribution is 5.39. The first-order valence-electron chi connectivity index (χ1n) is 3.92. The third-order valence-electron chi connectivity index (χ3n) is 1.85. The molecule has 0 unspecified atom stereocenters. The van der Waals surface area contributed by atoms with Crippen LogP contribution in [0.3, 0.4) is 0 Å². The van der Waals surface area contributed by atoms with E-state index >= 15 is 0 Å². The summed E-state index contributed by atoms with van der Waals surface area (Å²) in [6.07, 6.45) is 6.35. The van der Waals surface area contributed by atoms with Crippen LogP contribution in [0.15, 0.2) is 30.7 Å². The van der Waals surface area contributed by atoms with Crippen LogP contribution in [-0.2, 0) is 6.42 Å². The van der Waals surface area contributed by atoms with E-state index in [-0.39, 0.29) is 6.61 Å². The maximum absolute atomic E-state index is 8.72. The second-order valence-electron chi connectivity index (χ2n) is 2.70. The summed E-state index contributed by atoms with van der Waals surface area (Å²) < 4.78 is 1.95. The molecule has 3 heteroatoms. The topological polar surface area (TPSA) is 37.5 Å². The lowest BCUT2D eigenvalue weighted by Gasteiger charge is -1.98. The Morgan fingerprint density at radius 1 is 1.42 bits per heavy atom. The molecule has 0 fully saturated rings. The number of hydrogen-bond donors (Lipinski definition) is 1. The quantitative estimate of drug-likeness (QED) is 0.711. The predicted molar refractivity (Wildman–Crippen MR) is 46.0 cm³/mol. The Kier molecular flexibility index (Phi) is 1.80. The lowest BCUT2D eigenvalue weighted by molar-refractivity contribution is 0.299. The molecule has 0 radical (unpaired) electrons. The third-order valence-corrected chi connectivity index (χ3v) is 1.85. The van der Waals surface area contributed by atoms with E-state index in [2.05, 4.69) is 4.98 Å². The molecular weight excluding hydrogens is 152 g/mol. The number of aliphatic hydroxyl groups excluding tert-OH is 1. The van der Waals surface area contributed by atoms with Gasteiger partial charge in [-0.1, -0.05) is 6.07 Å². The molecule has 1 N–H and O–H groups in total. The van der Waals surface area contributed by atoms with Crippen molar-refractivity contribution in [3.63, 3.8) is 0 Å². The van der Waals surface area contributed by atoms with E-state index in [4.69, 9.17) is 5.11 Å². The van der Waals surface area contributed by atoms with Crippen molar-refractivity contribution in [2.45, 2.75) is 6.42 Å². The van der Waals surface area contributed by atoms with Gasteiger partial charge in [0.25, 0.3) is 0 Å². The second kappa shape index (κ2) is 2.95. The van der Waals surface area contributed by atoms with Crippen molar-refractivity contribution in [1.29, 1.82) is 0 Å². The largest absolute Gasteiger partial charge is 0.396 e. The first-order valence-corrected chi connectivity index (χ1v) is 3.92. The number of pyridine rings is 1. The molecule has 0 aliphatic heterocycles. The van der Waals surface area contributed by atoms with E-state index in [0.29, 0.717) is 6.42 Å². The van der Waals surface area contributed by atoms with Crippen molar-refractivity contribution >= 4 is 5.65 Å². The smallest absolute Gasteiger partial charge is 0.136 e. The molecule has 0 saturated carbocycles. The van der Waals surface area contributed by atoms with Gasteiger partial charge < -0.3 is 9.51 Å². The van der Waals surface area contributed by atoms with Crippen LogP contribution in [0.25, 0.3) is 5.65 Å². The van der Waals surface area contributed by atoms with Gasteiger partial charge in [0, 0.05) is 25.2 Å². The number of nitrogens with zero attached hydrogens (tertiary/aromatic N) is 2. The first kappa shape index (κ1) is 7.31. The highest BCUT2D eigenvalue weighted by Gasteiger charge is 1.94. The molecule has 0 saturated heterocycles. The SMILES string of the molecule is OCCc1ccc2nccn2c1. The fraction of sp³-hybridized carbons (Fsp3) is 0.222.